The Labute approximate surface area is 35.6 Å². The van der Waals surface area contributed by atoms with E-state index in [0.717, 1.165) is 6.54 Å². The molecular weight excluding hydrogens is 80.0 g/mol. The highest BCUT2D eigenvalue weighted by molar-refractivity contribution is 5.59. The lowest BCUT2D eigenvalue weighted by Crippen LogP contribution is -2.44. The fraction of sp³-hybridized carbons (Fsp3) is 0.500. The minimum absolute atomic E-state index is 0.785. The molecule has 0 atom stereocenters. The van der Waals surface area contributed by atoms with Crippen LogP contribution in [0.1, 0.15) is 0 Å². The molecule has 0 bridgehead atoms. The van der Waals surface area contributed by atoms with Gasteiger partial charge < -0.3 is 0 Å². The zero-order valence-corrected chi connectivity index (χ0v) is 3.23. The van der Waals surface area contributed by atoms with Gasteiger partial charge in [0.05, 0.1) is 0 Å². The maximum Gasteiger partial charge on any atom is 0.0490 e. The smallest absolute Gasteiger partial charge is 0.0490 e. The topological polar surface area (TPSA) is 48.5 Å². The zero-order chi connectivity index (χ0) is 4.24. The van der Waals surface area contributed by atoms with Gasteiger partial charge in [0.1, 0.15) is 0 Å². The number of hydrogen-bond acceptors (Lipinski definition) is 4. The molecule has 0 fully saturated rings. The van der Waals surface area contributed by atoms with Crippen LogP contribution in [0.15, 0.2) is 5.10 Å². The molecule has 1 aliphatic heterocycles. The lowest BCUT2D eigenvalue weighted by Gasteiger charge is -2.05. The van der Waals surface area contributed by atoms with E-state index in [2.05, 4.69) is 21.6 Å². The van der Waals surface area contributed by atoms with Gasteiger partial charge in [-0.25, -0.2) is 11.0 Å². The Hall–Kier alpha value is -0.610. The van der Waals surface area contributed by atoms with Gasteiger partial charge in [0, 0.05) is 12.8 Å². The summed E-state index contributed by atoms with van der Waals surface area (Å²) in [6, 6.07) is 0. The van der Waals surface area contributed by atoms with Gasteiger partial charge in [-0.1, -0.05) is 0 Å². The number of nitrogens with one attached hydrogen (secondary N) is 3. The second-order valence-corrected chi connectivity index (χ2v) is 0.929. The second-order valence-electron chi connectivity index (χ2n) is 0.929. The minimum Gasteiger partial charge on any atom is -0.233 e. The van der Waals surface area contributed by atoms with Crippen LogP contribution in [0.2, 0.25) is 0 Å². The van der Waals surface area contributed by atoms with Crippen molar-refractivity contribution >= 4 is 6.21 Å². The second kappa shape index (κ2) is 1.74. The Morgan fingerprint density at radius 2 is 2.67 bits per heavy atom. The third-order valence-electron chi connectivity index (χ3n) is 0.493. The normalized spacial score (nSPS) is 20.0. The summed E-state index contributed by atoms with van der Waals surface area (Å²) in [7, 11) is 0. The van der Waals surface area contributed by atoms with Crippen LogP contribution in [0, 0.1) is 0 Å². The van der Waals surface area contributed by atoms with Crippen molar-refractivity contribution < 1.29 is 0 Å². The predicted molar refractivity (Wildman–Crippen MR) is 22.8 cm³/mol. The molecule has 0 aliphatic carbocycles. The fourth-order valence-corrected chi connectivity index (χ4v) is 0.260. The zero-order valence-electron chi connectivity index (χ0n) is 3.23. The molecule has 0 aromatic carbocycles. The average Bonchev–Trinajstić information content (AvgIpc) is 1.72. The molecule has 0 saturated carbocycles. The van der Waals surface area contributed by atoms with E-state index in [0.29, 0.717) is 0 Å². The van der Waals surface area contributed by atoms with E-state index in [1.807, 2.05) is 0 Å². The number of hydrogen-bond donors (Lipinski definition) is 3. The lowest BCUT2D eigenvalue weighted by molar-refractivity contribution is 0.456. The highest BCUT2D eigenvalue weighted by Crippen LogP contribution is 1.54. The van der Waals surface area contributed by atoms with Crippen LogP contribution in [-0.4, -0.2) is 12.8 Å². The van der Waals surface area contributed by atoms with Crippen molar-refractivity contribution in [1.29, 1.82) is 0 Å². The monoisotopic (exact) mass is 86.1 g/mol. The van der Waals surface area contributed by atoms with E-state index in [4.69, 9.17) is 0 Å². The van der Waals surface area contributed by atoms with E-state index in [9.17, 15) is 0 Å². The third-order valence-corrected chi connectivity index (χ3v) is 0.493. The van der Waals surface area contributed by atoms with Crippen molar-refractivity contribution in [2.75, 3.05) is 6.54 Å². The van der Waals surface area contributed by atoms with Gasteiger partial charge in [-0.3, -0.25) is 0 Å². The van der Waals surface area contributed by atoms with Gasteiger partial charge >= 0.3 is 0 Å². The van der Waals surface area contributed by atoms with Crippen LogP contribution >= 0.6 is 0 Å². The van der Waals surface area contributed by atoms with Crippen molar-refractivity contribution in [3.8, 4) is 0 Å². The first kappa shape index (κ1) is 3.58. The van der Waals surface area contributed by atoms with E-state index < -0.39 is 0 Å². The summed E-state index contributed by atoms with van der Waals surface area (Å²) < 4.78 is 0. The van der Waals surface area contributed by atoms with E-state index in [1.165, 1.54) is 0 Å². The van der Waals surface area contributed by atoms with Crippen LogP contribution in [-0.2, 0) is 0 Å². The molecule has 0 radical (unpaired) electrons. The van der Waals surface area contributed by atoms with Crippen LogP contribution in [0.5, 0.6) is 0 Å². The SMILES string of the molecule is C1=NNNNC1. The maximum absolute atomic E-state index is 3.63. The molecule has 1 rings (SSSR count). The fourth-order valence-electron chi connectivity index (χ4n) is 0.260. The summed E-state index contributed by atoms with van der Waals surface area (Å²) in [4.78, 5) is 0. The number of rotatable bonds is 0. The molecule has 6 heavy (non-hydrogen) atoms. The van der Waals surface area contributed by atoms with Crippen molar-refractivity contribution in [1.82, 2.24) is 16.5 Å². The van der Waals surface area contributed by atoms with Gasteiger partial charge in [0.15, 0.2) is 0 Å². The van der Waals surface area contributed by atoms with E-state index in [-0.39, 0.29) is 0 Å². The molecule has 0 unspecified atom stereocenters. The molecule has 0 amide bonds. The first-order valence-corrected chi connectivity index (χ1v) is 1.74. The molecular formula is C2H6N4. The molecule has 1 aliphatic rings. The summed E-state index contributed by atoms with van der Waals surface area (Å²) in [5.74, 6) is 0. The number of hydrazine groups is 2. The Bertz CT molecular complexity index is 50.6. The summed E-state index contributed by atoms with van der Waals surface area (Å²) >= 11 is 0. The number of hydrazone groups is 1. The lowest BCUT2D eigenvalue weighted by atomic mass is 10.7. The third kappa shape index (κ3) is 0.667. The largest absolute Gasteiger partial charge is 0.233 e. The summed E-state index contributed by atoms with van der Waals surface area (Å²) in [6.45, 7) is 0.785. The molecule has 0 aromatic rings. The molecule has 0 saturated heterocycles. The Morgan fingerprint density at radius 1 is 1.67 bits per heavy atom. The van der Waals surface area contributed by atoms with Crippen molar-refractivity contribution in [2.24, 2.45) is 5.10 Å². The van der Waals surface area contributed by atoms with Crippen LogP contribution in [0.25, 0.3) is 0 Å². The van der Waals surface area contributed by atoms with Crippen LogP contribution < -0.4 is 16.5 Å². The highest BCUT2D eigenvalue weighted by atomic mass is 15.7. The minimum atomic E-state index is 0.785. The molecule has 34 valence electrons. The Morgan fingerprint density at radius 3 is 2.83 bits per heavy atom. The van der Waals surface area contributed by atoms with Gasteiger partial charge in [-0.15, -0.1) is 0 Å². The molecule has 3 N–H and O–H groups in total. The van der Waals surface area contributed by atoms with Gasteiger partial charge in [-0.2, -0.15) is 10.6 Å². The van der Waals surface area contributed by atoms with Gasteiger partial charge in [-0.05, 0) is 0 Å². The molecule has 0 aromatic heterocycles. The summed E-state index contributed by atoms with van der Waals surface area (Å²) in [6.07, 6.45) is 1.73. The Kier molecular flexibility index (Phi) is 1.03. The predicted octanol–water partition coefficient (Wildman–Crippen LogP) is -1.42. The Balaban J connectivity index is 2.26. The van der Waals surface area contributed by atoms with Crippen molar-refractivity contribution in [3.05, 3.63) is 0 Å². The van der Waals surface area contributed by atoms with E-state index >= 15 is 0 Å². The van der Waals surface area contributed by atoms with E-state index in [1.54, 1.807) is 6.21 Å². The number of nitrogens with zero attached hydrogens (tertiary/aromatic N) is 1. The first-order chi connectivity index (χ1) is 3.00. The molecule has 0 spiro atoms. The molecule has 4 nitrogen and oxygen atoms in total. The summed E-state index contributed by atoms with van der Waals surface area (Å²) in [5.41, 5.74) is 7.85. The maximum atomic E-state index is 3.63. The standard InChI is InChI=1S/C2H6N4/c1-2-4-6-5-3-1/h1,4-6H,2H2. The molecule has 4 heteroatoms. The van der Waals surface area contributed by atoms with Crippen molar-refractivity contribution in [2.45, 2.75) is 0 Å². The van der Waals surface area contributed by atoms with Gasteiger partial charge in [0.25, 0.3) is 0 Å². The van der Waals surface area contributed by atoms with Crippen LogP contribution in [0.3, 0.4) is 0 Å². The van der Waals surface area contributed by atoms with Crippen molar-refractivity contribution in [3.63, 3.8) is 0 Å². The van der Waals surface area contributed by atoms with Crippen LogP contribution in [0.4, 0.5) is 0 Å². The van der Waals surface area contributed by atoms with Gasteiger partial charge in [0.2, 0.25) is 0 Å². The summed E-state index contributed by atoms with van der Waals surface area (Å²) in [5, 5.41) is 3.63. The molecule has 1 heterocycles. The first-order valence-electron chi connectivity index (χ1n) is 1.74. The quantitative estimate of drug-likeness (QED) is 0.339. The average molecular weight is 86.1 g/mol. The highest BCUT2D eigenvalue weighted by Gasteiger charge is 1.80.